The van der Waals surface area contributed by atoms with E-state index < -0.39 is 0 Å². The Bertz CT molecular complexity index is 532. The Morgan fingerprint density at radius 2 is 1.59 bits per heavy atom. The first-order valence-electron chi connectivity index (χ1n) is 5.35. The van der Waals surface area contributed by atoms with E-state index in [-0.39, 0.29) is 0 Å². The summed E-state index contributed by atoms with van der Waals surface area (Å²) in [6, 6.07) is 15.7. The third-order valence-corrected chi connectivity index (χ3v) is 2.65. The fourth-order valence-corrected chi connectivity index (χ4v) is 1.75. The van der Waals surface area contributed by atoms with E-state index in [0.717, 1.165) is 21.9 Å². The van der Waals surface area contributed by atoms with Gasteiger partial charge >= 0.3 is 0 Å². The molecule has 0 amide bonds. The van der Waals surface area contributed by atoms with Crippen LogP contribution in [0.15, 0.2) is 48.5 Å². The van der Waals surface area contributed by atoms with E-state index in [1.54, 1.807) is 7.11 Å². The summed E-state index contributed by atoms with van der Waals surface area (Å²) in [4.78, 5) is 0. The molecule has 2 aromatic rings. The van der Waals surface area contributed by atoms with Crippen molar-refractivity contribution in [3.05, 3.63) is 64.7 Å². The zero-order valence-corrected chi connectivity index (χ0v) is 10.3. The third kappa shape index (κ3) is 3.36. The van der Waals surface area contributed by atoms with Crippen molar-refractivity contribution >= 4 is 23.8 Å². The molecule has 86 valence electrons. The second-order valence-corrected chi connectivity index (χ2v) is 4.10. The lowest BCUT2D eigenvalue weighted by atomic mass is 10.1. The molecule has 2 heteroatoms. The summed E-state index contributed by atoms with van der Waals surface area (Å²) in [5.74, 6) is 0.859. The summed E-state index contributed by atoms with van der Waals surface area (Å²) in [5, 5.41) is 0.748. The van der Waals surface area contributed by atoms with Crippen LogP contribution in [0.25, 0.3) is 12.2 Å². The van der Waals surface area contributed by atoms with Crippen molar-refractivity contribution in [2.45, 2.75) is 0 Å². The smallest absolute Gasteiger partial charge is 0.119 e. The molecule has 0 saturated heterocycles. The minimum absolute atomic E-state index is 0.748. The average molecular weight is 245 g/mol. The summed E-state index contributed by atoms with van der Waals surface area (Å²) < 4.78 is 5.17. The molecular weight excluding hydrogens is 232 g/mol. The summed E-state index contributed by atoms with van der Waals surface area (Å²) in [6.45, 7) is 0. The van der Waals surface area contributed by atoms with Gasteiger partial charge in [0.25, 0.3) is 0 Å². The van der Waals surface area contributed by atoms with Gasteiger partial charge in [0.05, 0.1) is 7.11 Å². The molecule has 0 unspecified atom stereocenters. The first kappa shape index (κ1) is 11.7. The minimum atomic E-state index is 0.748. The van der Waals surface area contributed by atoms with Gasteiger partial charge < -0.3 is 4.74 Å². The minimum Gasteiger partial charge on any atom is -0.497 e. The van der Waals surface area contributed by atoms with E-state index in [1.165, 1.54) is 0 Å². The molecule has 17 heavy (non-hydrogen) atoms. The van der Waals surface area contributed by atoms with Crippen LogP contribution in [0.2, 0.25) is 5.02 Å². The van der Waals surface area contributed by atoms with Gasteiger partial charge in [0.2, 0.25) is 0 Å². The Balaban J connectivity index is 2.19. The van der Waals surface area contributed by atoms with Crippen LogP contribution in [-0.2, 0) is 0 Å². The fourth-order valence-electron chi connectivity index (χ4n) is 1.55. The molecule has 0 radical (unpaired) electrons. The van der Waals surface area contributed by atoms with E-state index in [0.29, 0.717) is 0 Å². The molecule has 0 heterocycles. The number of methoxy groups -OCH3 is 1. The van der Waals surface area contributed by atoms with E-state index in [9.17, 15) is 0 Å². The summed E-state index contributed by atoms with van der Waals surface area (Å²) in [7, 11) is 1.67. The Hall–Kier alpha value is -1.73. The molecule has 0 aliphatic heterocycles. The molecule has 0 aliphatic rings. The van der Waals surface area contributed by atoms with Gasteiger partial charge in [0.1, 0.15) is 5.75 Å². The van der Waals surface area contributed by atoms with Crippen molar-refractivity contribution in [1.82, 2.24) is 0 Å². The molecule has 1 nitrogen and oxygen atoms in total. The van der Waals surface area contributed by atoms with Gasteiger partial charge in [-0.1, -0.05) is 48.0 Å². The van der Waals surface area contributed by atoms with Crippen molar-refractivity contribution in [1.29, 1.82) is 0 Å². The Morgan fingerprint density at radius 3 is 2.24 bits per heavy atom. The highest BCUT2D eigenvalue weighted by atomic mass is 35.5. The quantitative estimate of drug-likeness (QED) is 0.722. The first-order valence-corrected chi connectivity index (χ1v) is 5.73. The van der Waals surface area contributed by atoms with Crippen molar-refractivity contribution in [3.63, 3.8) is 0 Å². The Labute approximate surface area is 106 Å². The molecule has 0 N–H and O–H groups in total. The normalized spacial score (nSPS) is 10.7. The van der Waals surface area contributed by atoms with Crippen LogP contribution >= 0.6 is 11.6 Å². The van der Waals surface area contributed by atoms with Gasteiger partial charge in [0, 0.05) is 5.02 Å². The van der Waals surface area contributed by atoms with E-state index >= 15 is 0 Å². The zero-order chi connectivity index (χ0) is 12.1. The molecule has 0 fully saturated rings. The van der Waals surface area contributed by atoms with Gasteiger partial charge in [-0.2, -0.15) is 0 Å². The number of hydrogen-bond acceptors (Lipinski definition) is 1. The van der Waals surface area contributed by atoms with Crippen LogP contribution in [0.4, 0.5) is 0 Å². The maximum absolute atomic E-state index is 5.92. The summed E-state index contributed by atoms with van der Waals surface area (Å²) >= 11 is 5.92. The predicted molar refractivity (Wildman–Crippen MR) is 73.4 cm³/mol. The number of hydrogen-bond donors (Lipinski definition) is 0. The maximum Gasteiger partial charge on any atom is 0.119 e. The van der Waals surface area contributed by atoms with Gasteiger partial charge in [-0.25, -0.2) is 0 Å². The Kier molecular flexibility index (Phi) is 3.84. The third-order valence-electron chi connectivity index (χ3n) is 2.41. The number of ether oxygens (including phenoxy) is 1. The van der Waals surface area contributed by atoms with Crippen molar-refractivity contribution < 1.29 is 4.74 Å². The summed E-state index contributed by atoms with van der Waals surface area (Å²) in [6.07, 6.45) is 4.06. The zero-order valence-electron chi connectivity index (χ0n) is 9.56. The first-order chi connectivity index (χ1) is 8.28. The molecule has 0 spiro atoms. The Morgan fingerprint density at radius 1 is 0.941 bits per heavy atom. The summed E-state index contributed by atoms with van der Waals surface area (Å²) in [5.41, 5.74) is 2.18. The van der Waals surface area contributed by atoms with Crippen LogP contribution in [0.3, 0.4) is 0 Å². The highest BCUT2D eigenvalue weighted by molar-refractivity contribution is 6.30. The molecule has 0 bridgehead atoms. The highest BCUT2D eigenvalue weighted by Gasteiger charge is 1.92. The monoisotopic (exact) mass is 244 g/mol. The average Bonchev–Trinajstić information content (AvgIpc) is 2.37. The van der Waals surface area contributed by atoms with Crippen LogP contribution in [-0.4, -0.2) is 7.11 Å². The standard InChI is InChI=1S/C15H13ClO/c1-17-15-7-3-5-13(11-15)9-8-12-4-2-6-14(16)10-12/h2-11H,1H3. The molecule has 0 aliphatic carbocycles. The van der Waals surface area contributed by atoms with Crippen molar-refractivity contribution in [2.75, 3.05) is 7.11 Å². The molecule has 0 saturated carbocycles. The molecule has 2 aromatic carbocycles. The van der Waals surface area contributed by atoms with Crippen molar-refractivity contribution in [2.24, 2.45) is 0 Å². The second kappa shape index (κ2) is 5.55. The lowest BCUT2D eigenvalue weighted by Gasteiger charge is -2.00. The molecule has 0 aromatic heterocycles. The molecule has 2 rings (SSSR count). The highest BCUT2D eigenvalue weighted by Crippen LogP contribution is 2.16. The van der Waals surface area contributed by atoms with Crippen LogP contribution in [0.1, 0.15) is 11.1 Å². The molecular formula is C15H13ClO. The lowest BCUT2D eigenvalue weighted by Crippen LogP contribution is -1.82. The van der Waals surface area contributed by atoms with Gasteiger partial charge in [0.15, 0.2) is 0 Å². The predicted octanol–water partition coefficient (Wildman–Crippen LogP) is 4.52. The molecule has 0 atom stereocenters. The van der Waals surface area contributed by atoms with Gasteiger partial charge in [-0.3, -0.25) is 0 Å². The van der Waals surface area contributed by atoms with E-state index in [4.69, 9.17) is 16.3 Å². The lowest BCUT2D eigenvalue weighted by molar-refractivity contribution is 0.414. The van der Waals surface area contributed by atoms with Crippen LogP contribution in [0, 0.1) is 0 Å². The van der Waals surface area contributed by atoms with E-state index in [2.05, 4.69) is 0 Å². The van der Waals surface area contributed by atoms with Crippen molar-refractivity contribution in [3.8, 4) is 5.75 Å². The van der Waals surface area contributed by atoms with Crippen LogP contribution < -0.4 is 4.74 Å². The SMILES string of the molecule is COc1cccc(C=Cc2cccc(Cl)c2)c1. The van der Waals surface area contributed by atoms with Crippen LogP contribution in [0.5, 0.6) is 5.75 Å². The second-order valence-electron chi connectivity index (χ2n) is 3.66. The van der Waals surface area contributed by atoms with E-state index in [1.807, 2.05) is 60.7 Å². The maximum atomic E-state index is 5.92. The van der Waals surface area contributed by atoms with Gasteiger partial charge in [-0.15, -0.1) is 0 Å². The number of benzene rings is 2. The fraction of sp³-hybridized carbons (Fsp3) is 0.0667. The van der Waals surface area contributed by atoms with Gasteiger partial charge in [-0.05, 0) is 35.4 Å². The number of rotatable bonds is 3. The topological polar surface area (TPSA) is 9.23 Å². The largest absolute Gasteiger partial charge is 0.497 e. The number of halogens is 1.